The van der Waals surface area contributed by atoms with Gasteiger partial charge in [-0.2, -0.15) is 0 Å². The van der Waals surface area contributed by atoms with Gasteiger partial charge in [-0.15, -0.1) is 0 Å². The van der Waals surface area contributed by atoms with Gasteiger partial charge >= 0.3 is 0 Å². The highest BCUT2D eigenvalue weighted by Crippen LogP contribution is 2.34. The first-order valence-corrected chi connectivity index (χ1v) is 9.44. The van der Waals surface area contributed by atoms with E-state index in [1.165, 1.54) is 0 Å². The average molecular weight is 364 g/mol. The minimum atomic E-state index is -0.504. The Labute approximate surface area is 156 Å². The Hall–Kier alpha value is -1.63. The summed E-state index contributed by atoms with van der Waals surface area (Å²) in [5, 5.41) is 23.1. The van der Waals surface area contributed by atoms with E-state index in [-0.39, 0.29) is 12.5 Å². The molecule has 26 heavy (non-hydrogen) atoms. The van der Waals surface area contributed by atoms with Crippen molar-refractivity contribution in [1.82, 2.24) is 10.2 Å². The molecule has 2 atom stereocenters. The fourth-order valence-corrected chi connectivity index (χ4v) is 3.75. The van der Waals surface area contributed by atoms with Crippen LogP contribution in [0.3, 0.4) is 0 Å². The van der Waals surface area contributed by atoms with Crippen LogP contribution < -0.4 is 10.1 Å². The van der Waals surface area contributed by atoms with E-state index in [2.05, 4.69) is 12.2 Å². The van der Waals surface area contributed by atoms with Gasteiger partial charge in [0.05, 0.1) is 26.4 Å². The smallest absolute Gasteiger partial charge is 0.234 e. The lowest BCUT2D eigenvalue weighted by atomic mass is 9.74. The molecule has 2 rings (SSSR count). The fraction of sp³-hybridized carbons (Fsp3) is 0.650. The van der Waals surface area contributed by atoms with Gasteiger partial charge in [0, 0.05) is 25.0 Å². The van der Waals surface area contributed by atoms with E-state index in [4.69, 9.17) is 4.74 Å². The number of amides is 1. The standard InChI is InChI=1S/C20H32N2O4/c1-3-10-20(15-23)14-22(12-9-18(20)24)13-19(25)21-11-8-16-4-6-17(26-2)7-5-16/h4-7,18,23-24H,3,8-15H2,1-2H3,(H,21,25)/t18-,20+/m1/s1. The maximum absolute atomic E-state index is 12.2. The number of nitrogens with one attached hydrogen (secondary N) is 1. The Morgan fingerprint density at radius 2 is 2.12 bits per heavy atom. The molecule has 0 aromatic heterocycles. The molecule has 0 saturated carbocycles. The number of likely N-dealkylation sites (tertiary alicyclic amines) is 1. The maximum Gasteiger partial charge on any atom is 0.234 e. The van der Waals surface area contributed by atoms with Crippen molar-refractivity contribution in [3.63, 3.8) is 0 Å². The van der Waals surface area contributed by atoms with Gasteiger partial charge in [0.1, 0.15) is 5.75 Å². The highest BCUT2D eigenvalue weighted by molar-refractivity contribution is 5.78. The van der Waals surface area contributed by atoms with Crippen LogP contribution in [-0.2, 0) is 11.2 Å². The normalized spacial score (nSPS) is 23.6. The molecule has 0 spiro atoms. The molecule has 146 valence electrons. The van der Waals surface area contributed by atoms with Gasteiger partial charge in [0.25, 0.3) is 0 Å². The number of methoxy groups -OCH3 is 1. The molecule has 6 heteroatoms. The lowest BCUT2D eigenvalue weighted by Crippen LogP contribution is -2.55. The minimum Gasteiger partial charge on any atom is -0.497 e. The number of hydrogen-bond acceptors (Lipinski definition) is 5. The van der Waals surface area contributed by atoms with E-state index in [1.54, 1.807) is 7.11 Å². The molecule has 3 N–H and O–H groups in total. The van der Waals surface area contributed by atoms with Crippen LogP contribution in [0, 0.1) is 5.41 Å². The second-order valence-electron chi connectivity index (χ2n) is 7.23. The van der Waals surface area contributed by atoms with E-state index in [1.807, 2.05) is 29.2 Å². The van der Waals surface area contributed by atoms with Crippen LogP contribution in [0.15, 0.2) is 24.3 Å². The first-order valence-electron chi connectivity index (χ1n) is 9.44. The fourth-order valence-electron chi connectivity index (χ4n) is 3.75. The predicted molar refractivity (Wildman–Crippen MR) is 101 cm³/mol. The number of carbonyl (C=O) groups is 1. The summed E-state index contributed by atoms with van der Waals surface area (Å²) in [5.41, 5.74) is 0.644. The second-order valence-corrected chi connectivity index (χ2v) is 7.23. The SMILES string of the molecule is CCC[C@@]1(CO)CN(CC(=O)NCCc2ccc(OC)cc2)CC[C@H]1O. The number of ether oxygens (including phenoxy) is 1. The molecule has 1 amide bonds. The summed E-state index contributed by atoms with van der Waals surface area (Å²) in [5.74, 6) is 0.808. The van der Waals surface area contributed by atoms with Crippen molar-refractivity contribution in [3.8, 4) is 5.75 Å². The quantitative estimate of drug-likeness (QED) is 0.613. The van der Waals surface area contributed by atoms with Gasteiger partial charge in [-0.05, 0) is 37.0 Å². The predicted octanol–water partition coefficient (Wildman–Crippen LogP) is 1.20. The summed E-state index contributed by atoms with van der Waals surface area (Å²) < 4.78 is 5.14. The number of carbonyl (C=O) groups excluding carboxylic acids is 1. The zero-order chi connectivity index (χ0) is 19.0. The minimum absolute atomic E-state index is 0.0155. The van der Waals surface area contributed by atoms with E-state index >= 15 is 0 Å². The summed E-state index contributed by atoms with van der Waals surface area (Å²) in [4.78, 5) is 14.3. The molecule has 0 bridgehead atoms. The van der Waals surface area contributed by atoms with E-state index < -0.39 is 11.5 Å². The Morgan fingerprint density at radius 3 is 2.73 bits per heavy atom. The number of rotatable bonds is 9. The Morgan fingerprint density at radius 1 is 1.38 bits per heavy atom. The molecule has 6 nitrogen and oxygen atoms in total. The van der Waals surface area contributed by atoms with Crippen LogP contribution in [0.2, 0.25) is 0 Å². The zero-order valence-electron chi connectivity index (χ0n) is 15.9. The van der Waals surface area contributed by atoms with Crippen LogP contribution in [-0.4, -0.2) is 67.0 Å². The molecule has 0 radical (unpaired) electrons. The van der Waals surface area contributed by atoms with Crippen molar-refractivity contribution in [2.24, 2.45) is 5.41 Å². The number of nitrogens with zero attached hydrogens (tertiary/aromatic N) is 1. The van der Waals surface area contributed by atoms with Gasteiger partial charge < -0.3 is 20.3 Å². The van der Waals surface area contributed by atoms with Gasteiger partial charge in [-0.3, -0.25) is 9.69 Å². The zero-order valence-corrected chi connectivity index (χ0v) is 15.9. The van der Waals surface area contributed by atoms with Crippen molar-refractivity contribution in [3.05, 3.63) is 29.8 Å². The van der Waals surface area contributed by atoms with Gasteiger partial charge in [0.15, 0.2) is 0 Å². The second kappa shape index (κ2) is 9.90. The molecule has 1 saturated heterocycles. The Balaban J connectivity index is 1.77. The molecule has 1 heterocycles. The lowest BCUT2D eigenvalue weighted by molar-refractivity contribution is -0.126. The van der Waals surface area contributed by atoms with E-state index in [0.29, 0.717) is 32.6 Å². The first-order chi connectivity index (χ1) is 12.5. The Kier molecular flexibility index (Phi) is 7.87. The third-order valence-corrected chi connectivity index (χ3v) is 5.29. The van der Waals surface area contributed by atoms with Crippen molar-refractivity contribution in [2.45, 2.75) is 38.7 Å². The summed E-state index contributed by atoms with van der Waals surface area (Å²) >= 11 is 0. The van der Waals surface area contributed by atoms with Crippen LogP contribution in [0.5, 0.6) is 5.75 Å². The monoisotopic (exact) mass is 364 g/mol. The molecular weight excluding hydrogens is 332 g/mol. The number of aliphatic hydroxyl groups is 2. The average Bonchev–Trinajstić information content (AvgIpc) is 2.65. The van der Waals surface area contributed by atoms with Crippen molar-refractivity contribution >= 4 is 5.91 Å². The molecular formula is C20H32N2O4. The molecule has 1 aliphatic heterocycles. The van der Waals surface area contributed by atoms with Gasteiger partial charge in [-0.25, -0.2) is 0 Å². The highest BCUT2D eigenvalue weighted by atomic mass is 16.5. The largest absolute Gasteiger partial charge is 0.497 e. The van der Waals surface area contributed by atoms with Crippen molar-refractivity contribution in [1.29, 1.82) is 0 Å². The first kappa shape index (κ1) is 20.7. The number of hydrogen-bond donors (Lipinski definition) is 3. The number of aliphatic hydroxyl groups excluding tert-OH is 2. The Bertz CT molecular complexity index is 563. The third kappa shape index (κ3) is 5.43. The van der Waals surface area contributed by atoms with Crippen LogP contribution >= 0.6 is 0 Å². The lowest BCUT2D eigenvalue weighted by Gasteiger charge is -2.45. The summed E-state index contributed by atoms with van der Waals surface area (Å²) in [6, 6.07) is 7.82. The molecule has 0 aliphatic carbocycles. The van der Waals surface area contributed by atoms with Crippen LogP contribution in [0.4, 0.5) is 0 Å². The third-order valence-electron chi connectivity index (χ3n) is 5.29. The van der Waals surface area contributed by atoms with E-state index in [0.717, 1.165) is 30.6 Å². The number of benzene rings is 1. The number of piperidine rings is 1. The van der Waals surface area contributed by atoms with Crippen molar-refractivity contribution < 1.29 is 19.7 Å². The molecule has 0 unspecified atom stereocenters. The molecule has 1 aromatic rings. The summed E-state index contributed by atoms with van der Waals surface area (Å²) in [6.45, 7) is 4.14. The maximum atomic E-state index is 12.2. The topological polar surface area (TPSA) is 82.0 Å². The summed E-state index contributed by atoms with van der Waals surface area (Å²) in [7, 11) is 1.64. The van der Waals surface area contributed by atoms with Crippen molar-refractivity contribution in [2.75, 3.05) is 39.9 Å². The highest BCUT2D eigenvalue weighted by Gasteiger charge is 2.41. The summed E-state index contributed by atoms with van der Waals surface area (Å²) in [6.07, 6.45) is 2.53. The van der Waals surface area contributed by atoms with Crippen LogP contribution in [0.1, 0.15) is 31.7 Å². The molecule has 1 aliphatic rings. The van der Waals surface area contributed by atoms with Crippen LogP contribution in [0.25, 0.3) is 0 Å². The molecule has 1 fully saturated rings. The van der Waals surface area contributed by atoms with Gasteiger partial charge in [-0.1, -0.05) is 25.5 Å². The van der Waals surface area contributed by atoms with E-state index in [9.17, 15) is 15.0 Å². The molecule has 1 aromatic carbocycles. The van der Waals surface area contributed by atoms with Gasteiger partial charge in [0.2, 0.25) is 5.91 Å².